The van der Waals surface area contributed by atoms with Gasteiger partial charge in [0.15, 0.2) is 5.82 Å². The first kappa shape index (κ1) is 16.2. The van der Waals surface area contributed by atoms with E-state index < -0.39 is 0 Å². The number of aromatic nitrogens is 4. The highest BCUT2D eigenvalue weighted by Gasteiger charge is 2.24. The van der Waals surface area contributed by atoms with Gasteiger partial charge in [-0.05, 0) is 13.8 Å². The van der Waals surface area contributed by atoms with E-state index in [2.05, 4.69) is 29.0 Å². The average molecular weight is 305 g/mol. The maximum absolute atomic E-state index is 12.7. The Balaban J connectivity index is 2.15. The topological polar surface area (TPSA) is 77.0 Å². The fourth-order valence-corrected chi connectivity index (χ4v) is 2.40. The maximum atomic E-state index is 12.7. The fraction of sp³-hybridized carbons (Fsp3) is 0.600. The van der Waals surface area contributed by atoms with Crippen molar-refractivity contribution in [2.45, 2.75) is 53.1 Å². The van der Waals surface area contributed by atoms with Crippen LogP contribution in [0.5, 0.6) is 0 Å². The molecule has 2 aromatic rings. The van der Waals surface area contributed by atoms with Crippen molar-refractivity contribution in [3.05, 3.63) is 29.9 Å². The van der Waals surface area contributed by atoms with Crippen LogP contribution >= 0.6 is 0 Å². The number of rotatable bonds is 6. The van der Waals surface area contributed by atoms with E-state index in [1.807, 2.05) is 24.6 Å². The van der Waals surface area contributed by atoms with Crippen molar-refractivity contribution in [3.8, 4) is 0 Å². The third-order valence-corrected chi connectivity index (χ3v) is 3.58. The molecule has 0 aliphatic carbocycles. The van der Waals surface area contributed by atoms with E-state index in [-0.39, 0.29) is 17.9 Å². The minimum atomic E-state index is -0.312. The van der Waals surface area contributed by atoms with Crippen LogP contribution < -0.4 is 0 Å². The monoisotopic (exact) mass is 305 g/mol. The standard InChI is InChI=1S/C15H23N5O2/c1-6-19(9-13-17-12(5)22-18-13)15(21)11(4)20-8-7-16-14(20)10(2)3/h7-8,10-11H,6,9H2,1-5H3/t11-/m1/s1. The number of nitrogens with zero attached hydrogens (tertiary/aromatic N) is 5. The van der Waals surface area contributed by atoms with Crippen molar-refractivity contribution in [1.29, 1.82) is 0 Å². The summed E-state index contributed by atoms with van der Waals surface area (Å²) < 4.78 is 6.89. The van der Waals surface area contributed by atoms with E-state index >= 15 is 0 Å². The summed E-state index contributed by atoms with van der Waals surface area (Å²) in [6, 6.07) is -0.312. The molecular weight excluding hydrogens is 282 g/mol. The molecule has 7 nitrogen and oxygen atoms in total. The molecule has 0 saturated carbocycles. The lowest BCUT2D eigenvalue weighted by Gasteiger charge is -2.25. The second-order valence-electron chi connectivity index (χ2n) is 5.61. The molecule has 1 atom stereocenters. The van der Waals surface area contributed by atoms with Crippen LogP contribution in [0.2, 0.25) is 0 Å². The SMILES string of the molecule is CCN(Cc1noc(C)n1)C(=O)[C@@H](C)n1ccnc1C(C)C. The van der Waals surface area contributed by atoms with Crippen molar-refractivity contribution < 1.29 is 9.32 Å². The van der Waals surface area contributed by atoms with Crippen LogP contribution in [0.1, 0.15) is 57.2 Å². The molecule has 2 aromatic heterocycles. The quantitative estimate of drug-likeness (QED) is 0.818. The summed E-state index contributed by atoms with van der Waals surface area (Å²) in [5.74, 6) is 2.22. The average Bonchev–Trinajstić information content (AvgIpc) is 3.12. The van der Waals surface area contributed by atoms with Crippen LogP contribution in [0.4, 0.5) is 0 Å². The Kier molecular flexibility index (Phi) is 4.95. The highest BCUT2D eigenvalue weighted by molar-refractivity contribution is 5.80. The van der Waals surface area contributed by atoms with Crippen molar-refractivity contribution >= 4 is 5.91 Å². The lowest BCUT2D eigenvalue weighted by atomic mass is 10.2. The van der Waals surface area contributed by atoms with Gasteiger partial charge in [0.25, 0.3) is 0 Å². The van der Waals surface area contributed by atoms with Gasteiger partial charge in [-0.15, -0.1) is 0 Å². The Hall–Kier alpha value is -2.18. The van der Waals surface area contributed by atoms with Gasteiger partial charge >= 0.3 is 0 Å². The zero-order valence-electron chi connectivity index (χ0n) is 13.8. The third-order valence-electron chi connectivity index (χ3n) is 3.58. The van der Waals surface area contributed by atoms with E-state index in [1.54, 1.807) is 18.0 Å². The summed E-state index contributed by atoms with van der Waals surface area (Å²) in [5.41, 5.74) is 0. The first-order chi connectivity index (χ1) is 10.4. The predicted octanol–water partition coefficient (Wildman–Crippen LogP) is 2.31. The van der Waals surface area contributed by atoms with Gasteiger partial charge in [-0.25, -0.2) is 4.98 Å². The molecule has 0 spiro atoms. The number of carbonyl (C=O) groups is 1. The summed E-state index contributed by atoms with van der Waals surface area (Å²) in [6.45, 7) is 10.6. The number of hydrogen-bond acceptors (Lipinski definition) is 5. The minimum absolute atomic E-state index is 0.0184. The number of amides is 1. The maximum Gasteiger partial charge on any atom is 0.245 e. The molecule has 0 unspecified atom stereocenters. The first-order valence-corrected chi connectivity index (χ1v) is 7.54. The number of aryl methyl sites for hydroxylation is 1. The fourth-order valence-electron chi connectivity index (χ4n) is 2.40. The van der Waals surface area contributed by atoms with E-state index in [0.29, 0.717) is 24.8 Å². The van der Waals surface area contributed by atoms with Gasteiger partial charge in [-0.1, -0.05) is 19.0 Å². The van der Waals surface area contributed by atoms with E-state index in [0.717, 1.165) is 5.82 Å². The Labute approximate surface area is 130 Å². The first-order valence-electron chi connectivity index (χ1n) is 7.54. The molecule has 120 valence electrons. The molecule has 0 aromatic carbocycles. The lowest BCUT2D eigenvalue weighted by molar-refractivity contribution is -0.134. The molecule has 0 fully saturated rings. The molecule has 0 N–H and O–H groups in total. The second-order valence-corrected chi connectivity index (χ2v) is 5.61. The molecule has 2 rings (SSSR count). The van der Waals surface area contributed by atoms with Crippen LogP contribution in [-0.4, -0.2) is 37.0 Å². The van der Waals surface area contributed by atoms with Gasteiger partial charge in [0.2, 0.25) is 11.8 Å². The van der Waals surface area contributed by atoms with E-state index in [4.69, 9.17) is 4.52 Å². The molecule has 0 radical (unpaired) electrons. The van der Waals surface area contributed by atoms with Gasteiger partial charge < -0.3 is 14.0 Å². The highest BCUT2D eigenvalue weighted by atomic mass is 16.5. The van der Waals surface area contributed by atoms with E-state index in [9.17, 15) is 4.79 Å². The Morgan fingerprint density at radius 1 is 1.41 bits per heavy atom. The summed E-state index contributed by atoms with van der Waals surface area (Å²) in [6.07, 6.45) is 3.59. The van der Waals surface area contributed by atoms with Crippen LogP contribution in [0.3, 0.4) is 0 Å². The summed E-state index contributed by atoms with van der Waals surface area (Å²) in [5, 5.41) is 3.85. The normalized spacial score (nSPS) is 12.6. The Bertz CT molecular complexity index is 631. The van der Waals surface area contributed by atoms with Crippen LogP contribution in [0, 0.1) is 6.92 Å². The Morgan fingerprint density at radius 2 is 2.14 bits per heavy atom. The van der Waals surface area contributed by atoms with Crippen molar-refractivity contribution in [2.75, 3.05) is 6.54 Å². The third kappa shape index (κ3) is 3.35. The highest BCUT2D eigenvalue weighted by Crippen LogP contribution is 2.19. The number of hydrogen-bond donors (Lipinski definition) is 0. The van der Waals surface area contributed by atoms with Crippen molar-refractivity contribution in [1.82, 2.24) is 24.6 Å². The number of carbonyl (C=O) groups excluding carboxylic acids is 1. The smallest absolute Gasteiger partial charge is 0.245 e. The van der Waals surface area contributed by atoms with Gasteiger partial charge in [0, 0.05) is 31.8 Å². The molecule has 0 aliphatic rings. The van der Waals surface area contributed by atoms with Crippen molar-refractivity contribution in [3.63, 3.8) is 0 Å². The molecule has 2 heterocycles. The van der Waals surface area contributed by atoms with Crippen molar-refractivity contribution in [2.24, 2.45) is 0 Å². The van der Waals surface area contributed by atoms with Crippen LogP contribution in [0.15, 0.2) is 16.9 Å². The lowest BCUT2D eigenvalue weighted by Crippen LogP contribution is -2.36. The van der Waals surface area contributed by atoms with Gasteiger partial charge in [-0.2, -0.15) is 4.98 Å². The molecule has 1 amide bonds. The predicted molar refractivity (Wildman–Crippen MR) is 81.2 cm³/mol. The second kappa shape index (κ2) is 6.72. The van der Waals surface area contributed by atoms with E-state index in [1.165, 1.54) is 0 Å². The summed E-state index contributed by atoms with van der Waals surface area (Å²) in [4.78, 5) is 23.0. The molecule has 0 aliphatic heterocycles. The van der Waals surface area contributed by atoms with Gasteiger partial charge in [0.1, 0.15) is 11.9 Å². The number of likely N-dealkylation sites (N-methyl/N-ethyl adjacent to an activating group) is 1. The van der Waals surface area contributed by atoms with Crippen LogP contribution in [0.25, 0.3) is 0 Å². The van der Waals surface area contributed by atoms with Gasteiger partial charge in [0.05, 0.1) is 6.54 Å². The van der Waals surface area contributed by atoms with Crippen LogP contribution in [-0.2, 0) is 11.3 Å². The molecular formula is C15H23N5O2. The number of imidazole rings is 1. The molecule has 22 heavy (non-hydrogen) atoms. The molecule has 0 saturated heterocycles. The zero-order chi connectivity index (χ0) is 16.3. The molecule has 7 heteroatoms. The molecule has 0 bridgehead atoms. The summed E-state index contributed by atoms with van der Waals surface area (Å²) in [7, 11) is 0. The largest absolute Gasteiger partial charge is 0.340 e. The Morgan fingerprint density at radius 3 is 2.68 bits per heavy atom. The zero-order valence-corrected chi connectivity index (χ0v) is 13.8. The van der Waals surface area contributed by atoms with Gasteiger partial charge in [-0.3, -0.25) is 4.79 Å². The summed E-state index contributed by atoms with van der Waals surface area (Å²) >= 11 is 0. The minimum Gasteiger partial charge on any atom is -0.340 e.